The Morgan fingerprint density at radius 2 is 2.20 bits per heavy atom. The Kier molecular flexibility index (Phi) is 5.79. The Labute approximate surface area is 127 Å². The second kappa shape index (κ2) is 7.59. The lowest BCUT2D eigenvalue weighted by Crippen LogP contribution is -2.42. The zero-order chi connectivity index (χ0) is 14.4. The first-order valence-corrected chi connectivity index (χ1v) is 7.90. The van der Waals surface area contributed by atoms with Gasteiger partial charge in [0.2, 0.25) is 0 Å². The number of ether oxygens (including phenoxy) is 1. The maximum absolute atomic E-state index is 13.2. The van der Waals surface area contributed by atoms with Gasteiger partial charge in [0.05, 0.1) is 11.6 Å². The molecule has 0 bridgehead atoms. The van der Waals surface area contributed by atoms with Crippen molar-refractivity contribution in [3.8, 4) is 5.75 Å². The SMILES string of the molecule is NC(=NCCOc1ccc(Cl)c(F)c1)N1CCSCC1. The molecule has 1 fully saturated rings. The molecule has 2 N–H and O–H groups in total. The number of nitrogens with zero attached hydrogens (tertiary/aromatic N) is 2. The first-order chi connectivity index (χ1) is 9.66. The van der Waals surface area contributed by atoms with E-state index in [0.29, 0.717) is 24.9 Å². The Morgan fingerprint density at radius 1 is 1.45 bits per heavy atom. The zero-order valence-corrected chi connectivity index (χ0v) is 12.6. The lowest BCUT2D eigenvalue weighted by Gasteiger charge is -2.27. The van der Waals surface area contributed by atoms with Crippen molar-refractivity contribution in [1.29, 1.82) is 0 Å². The van der Waals surface area contributed by atoms with Crippen LogP contribution in [0.5, 0.6) is 5.75 Å². The smallest absolute Gasteiger partial charge is 0.191 e. The standard InChI is InChI=1S/C13H17ClFN3OS/c14-11-2-1-10(9-12(11)15)19-6-3-17-13(16)18-4-7-20-8-5-18/h1-2,9H,3-8H2,(H2,16,17). The maximum Gasteiger partial charge on any atom is 0.191 e. The molecule has 0 aromatic heterocycles. The molecule has 0 atom stereocenters. The van der Waals surface area contributed by atoms with Gasteiger partial charge in [-0.3, -0.25) is 0 Å². The number of benzene rings is 1. The van der Waals surface area contributed by atoms with Crippen molar-refractivity contribution in [3.05, 3.63) is 29.0 Å². The van der Waals surface area contributed by atoms with Crippen LogP contribution in [0.4, 0.5) is 4.39 Å². The van der Waals surface area contributed by atoms with Gasteiger partial charge in [0, 0.05) is 30.7 Å². The molecule has 0 aliphatic carbocycles. The number of thioether (sulfide) groups is 1. The monoisotopic (exact) mass is 317 g/mol. The van der Waals surface area contributed by atoms with Crippen molar-refractivity contribution in [3.63, 3.8) is 0 Å². The van der Waals surface area contributed by atoms with Crippen LogP contribution in [0.2, 0.25) is 5.02 Å². The van der Waals surface area contributed by atoms with Gasteiger partial charge < -0.3 is 15.4 Å². The van der Waals surface area contributed by atoms with Gasteiger partial charge >= 0.3 is 0 Å². The zero-order valence-electron chi connectivity index (χ0n) is 11.0. The van der Waals surface area contributed by atoms with E-state index in [1.165, 1.54) is 12.1 Å². The summed E-state index contributed by atoms with van der Waals surface area (Å²) < 4.78 is 18.6. The van der Waals surface area contributed by atoms with Crippen LogP contribution in [0.1, 0.15) is 0 Å². The largest absolute Gasteiger partial charge is 0.492 e. The molecule has 20 heavy (non-hydrogen) atoms. The number of aliphatic imine (C=N–C) groups is 1. The highest BCUT2D eigenvalue weighted by molar-refractivity contribution is 7.99. The molecule has 4 nitrogen and oxygen atoms in total. The minimum Gasteiger partial charge on any atom is -0.492 e. The third kappa shape index (κ3) is 4.45. The van der Waals surface area contributed by atoms with E-state index in [2.05, 4.69) is 9.89 Å². The van der Waals surface area contributed by atoms with Gasteiger partial charge in [0.25, 0.3) is 0 Å². The second-order valence-corrected chi connectivity index (χ2v) is 5.90. The molecular formula is C13H17ClFN3OS. The van der Waals surface area contributed by atoms with E-state index in [4.69, 9.17) is 22.1 Å². The first kappa shape index (κ1) is 15.3. The third-order valence-electron chi connectivity index (χ3n) is 2.86. The van der Waals surface area contributed by atoms with E-state index in [9.17, 15) is 4.39 Å². The van der Waals surface area contributed by atoms with Gasteiger partial charge in [-0.2, -0.15) is 11.8 Å². The number of guanidine groups is 1. The van der Waals surface area contributed by atoms with Gasteiger partial charge in [-0.1, -0.05) is 11.6 Å². The summed E-state index contributed by atoms with van der Waals surface area (Å²) in [5, 5.41) is 0.0857. The van der Waals surface area contributed by atoms with Gasteiger partial charge in [-0.25, -0.2) is 9.38 Å². The number of halogens is 2. The Morgan fingerprint density at radius 3 is 2.90 bits per heavy atom. The van der Waals surface area contributed by atoms with Gasteiger partial charge in [0.15, 0.2) is 5.96 Å². The average molecular weight is 318 g/mol. The van der Waals surface area contributed by atoms with Crippen LogP contribution in [-0.4, -0.2) is 48.6 Å². The molecule has 1 aliphatic rings. The average Bonchev–Trinajstić information content (AvgIpc) is 2.48. The van der Waals surface area contributed by atoms with Crippen LogP contribution in [0.15, 0.2) is 23.2 Å². The van der Waals surface area contributed by atoms with Gasteiger partial charge in [0.1, 0.15) is 18.2 Å². The van der Waals surface area contributed by atoms with E-state index in [1.807, 2.05) is 11.8 Å². The Bertz CT molecular complexity index is 481. The molecule has 1 heterocycles. The Hall–Kier alpha value is -1.14. The summed E-state index contributed by atoms with van der Waals surface area (Å²) in [4.78, 5) is 6.34. The molecule has 0 unspecified atom stereocenters. The van der Waals surface area contributed by atoms with E-state index >= 15 is 0 Å². The van der Waals surface area contributed by atoms with Gasteiger partial charge in [-0.15, -0.1) is 0 Å². The summed E-state index contributed by atoms with van der Waals surface area (Å²) in [6, 6.07) is 4.35. The molecule has 2 rings (SSSR count). The van der Waals surface area contributed by atoms with Crippen LogP contribution in [0.25, 0.3) is 0 Å². The quantitative estimate of drug-likeness (QED) is 0.525. The molecule has 110 valence electrons. The van der Waals surface area contributed by atoms with Crippen LogP contribution in [0, 0.1) is 5.82 Å². The highest BCUT2D eigenvalue weighted by Gasteiger charge is 2.11. The third-order valence-corrected chi connectivity index (χ3v) is 4.11. The van der Waals surface area contributed by atoms with Crippen LogP contribution < -0.4 is 10.5 Å². The van der Waals surface area contributed by atoms with E-state index in [-0.39, 0.29) is 5.02 Å². The molecule has 7 heteroatoms. The fourth-order valence-corrected chi connectivity index (χ4v) is 2.80. The predicted octanol–water partition coefficient (Wildman–Crippen LogP) is 2.22. The van der Waals surface area contributed by atoms with Crippen LogP contribution in [0.3, 0.4) is 0 Å². The fourth-order valence-electron chi connectivity index (χ4n) is 1.78. The molecule has 0 radical (unpaired) electrons. The number of rotatable bonds is 4. The molecule has 0 saturated carbocycles. The number of hydrogen-bond acceptors (Lipinski definition) is 3. The summed E-state index contributed by atoms with van der Waals surface area (Å²) in [6.07, 6.45) is 0. The lowest BCUT2D eigenvalue weighted by atomic mass is 10.3. The topological polar surface area (TPSA) is 50.9 Å². The van der Waals surface area contributed by atoms with Crippen molar-refractivity contribution in [2.24, 2.45) is 10.7 Å². The summed E-state index contributed by atoms with van der Waals surface area (Å²) in [7, 11) is 0. The highest BCUT2D eigenvalue weighted by atomic mass is 35.5. The Balaban J connectivity index is 1.76. The summed E-state index contributed by atoms with van der Waals surface area (Å²) >= 11 is 7.51. The minimum atomic E-state index is -0.488. The van der Waals surface area contributed by atoms with Crippen LogP contribution >= 0.6 is 23.4 Å². The van der Waals surface area contributed by atoms with Crippen molar-refractivity contribution in [2.45, 2.75) is 0 Å². The maximum atomic E-state index is 13.2. The molecular weight excluding hydrogens is 301 g/mol. The van der Waals surface area contributed by atoms with E-state index in [1.54, 1.807) is 6.07 Å². The molecule has 0 amide bonds. The predicted molar refractivity (Wildman–Crippen MR) is 82.3 cm³/mol. The normalized spacial score (nSPS) is 16.3. The van der Waals surface area contributed by atoms with Gasteiger partial charge in [-0.05, 0) is 12.1 Å². The van der Waals surface area contributed by atoms with Crippen molar-refractivity contribution in [2.75, 3.05) is 37.7 Å². The lowest BCUT2D eigenvalue weighted by molar-refractivity contribution is 0.325. The molecule has 0 spiro atoms. The second-order valence-electron chi connectivity index (χ2n) is 4.26. The molecule has 1 aromatic rings. The molecule has 1 saturated heterocycles. The number of nitrogens with two attached hydrogens (primary N) is 1. The first-order valence-electron chi connectivity index (χ1n) is 6.37. The molecule has 1 aromatic carbocycles. The highest BCUT2D eigenvalue weighted by Crippen LogP contribution is 2.20. The summed E-state index contributed by atoms with van der Waals surface area (Å²) in [5.41, 5.74) is 5.91. The summed E-state index contributed by atoms with van der Waals surface area (Å²) in [6.45, 7) is 2.66. The van der Waals surface area contributed by atoms with Crippen LogP contribution in [-0.2, 0) is 0 Å². The van der Waals surface area contributed by atoms with Crippen molar-refractivity contribution >= 4 is 29.3 Å². The molecule has 1 aliphatic heterocycles. The number of hydrogen-bond donors (Lipinski definition) is 1. The minimum absolute atomic E-state index is 0.0857. The van der Waals surface area contributed by atoms with Crippen molar-refractivity contribution in [1.82, 2.24) is 4.90 Å². The summed E-state index contributed by atoms with van der Waals surface area (Å²) in [5.74, 6) is 2.66. The van der Waals surface area contributed by atoms with Crippen molar-refractivity contribution < 1.29 is 9.13 Å². The van der Waals surface area contributed by atoms with E-state index in [0.717, 1.165) is 24.6 Å². The fraction of sp³-hybridized carbons (Fsp3) is 0.462. The van der Waals surface area contributed by atoms with E-state index < -0.39 is 5.82 Å².